The Morgan fingerprint density at radius 1 is 1.32 bits per heavy atom. The molecule has 2 heterocycles. The molecule has 2 aromatic heterocycles. The van der Waals surface area contributed by atoms with Crippen LogP contribution < -0.4 is 10.9 Å². The number of pyridine rings is 1. The number of thiophene rings is 1. The monoisotopic (exact) mass is 316 g/mol. The van der Waals surface area contributed by atoms with Gasteiger partial charge in [0.1, 0.15) is 0 Å². The molecular formula is C18H24N2OS. The molecule has 0 saturated heterocycles. The first-order chi connectivity index (χ1) is 10.7. The van der Waals surface area contributed by atoms with E-state index in [9.17, 15) is 4.79 Å². The Morgan fingerprint density at radius 3 is 2.82 bits per heavy atom. The minimum atomic E-state index is 0.0448. The summed E-state index contributed by atoms with van der Waals surface area (Å²) in [5, 5.41) is 3.66. The molecule has 118 valence electrons. The lowest BCUT2D eigenvalue weighted by Gasteiger charge is -2.10. The zero-order valence-electron chi connectivity index (χ0n) is 13.4. The summed E-state index contributed by atoms with van der Waals surface area (Å²) in [6.45, 7) is 4.96. The van der Waals surface area contributed by atoms with Crippen molar-refractivity contribution in [1.82, 2.24) is 10.3 Å². The van der Waals surface area contributed by atoms with Gasteiger partial charge in [0, 0.05) is 39.2 Å². The molecule has 2 N–H and O–H groups in total. The maximum absolute atomic E-state index is 11.8. The van der Waals surface area contributed by atoms with Crippen molar-refractivity contribution in [3.05, 3.63) is 44.7 Å². The smallest absolute Gasteiger partial charge is 0.251 e. The molecule has 0 radical (unpaired) electrons. The summed E-state index contributed by atoms with van der Waals surface area (Å²) in [5.41, 5.74) is 3.02. The molecule has 0 aromatic carbocycles. The summed E-state index contributed by atoms with van der Waals surface area (Å²) in [7, 11) is 0. The lowest BCUT2D eigenvalue weighted by atomic mass is 10.1. The lowest BCUT2D eigenvalue weighted by molar-refractivity contribution is 0.527. The number of aryl methyl sites for hydroxylation is 2. The highest BCUT2D eigenvalue weighted by molar-refractivity contribution is 7.15. The van der Waals surface area contributed by atoms with Crippen LogP contribution in [0.3, 0.4) is 0 Å². The summed E-state index contributed by atoms with van der Waals surface area (Å²) in [6, 6.07) is 7.13. The van der Waals surface area contributed by atoms with Crippen LogP contribution in [0.2, 0.25) is 0 Å². The van der Waals surface area contributed by atoms with Crippen molar-refractivity contribution in [2.24, 2.45) is 0 Å². The molecule has 1 saturated carbocycles. The molecule has 3 rings (SSSR count). The number of nitrogens with one attached hydrogen (secondary N) is 2. The van der Waals surface area contributed by atoms with Crippen LogP contribution in [0.5, 0.6) is 0 Å². The second-order valence-electron chi connectivity index (χ2n) is 6.14. The van der Waals surface area contributed by atoms with Crippen molar-refractivity contribution < 1.29 is 0 Å². The molecule has 1 fully saturated rings. The lowest BCUT2D eigenvalue weighted by Crippen LogP contribution is -2.24. The molecule has 1 aliphatic carbocycles. The molecule has 0 amide bonds. The van der Waals surface area contributed by atoms with Crippen LogP contribution in [-0.2, 0) is 13.0 Å². The van der Waals surface area contributed by atoms with Gasteiger partial charge in [-0.05, 0) is 44.4 Å². The zero-order chi connectivity index (χ0) is 15.5. The number of aromatic nitrogens is 1. The summed E-state index contributed by atoms with van der Waals surface area (Å²) >= 11 is 1.82. The molecule has 0 atom stereocenters. The average molecular weight is 316 g/mol. The van der Waals surface area contributed by atoms with E-state index in [2.05, 4.69) is 22.4 Å². The Bertz CT molecular complexity index is 695. The van der Waals surface area contributed by atoms with E-state index in [4.69, 9.17) is 0 Å². The molecule has 4 heteroatoms. The third-order valence-corrected chi connectivity index (χ3v) is 5.66. The standard InChI is InChI=1S/C18H24N2OS/c1-3-13-10-16(12(2)20-18(13)21)17-9-8-15(22-17)11-19-14-6-4-5-7-14/h8-10,14,19H,3-7,11H2,1-2H3,(H,20,21). The average Bonchev–Trinajstić information content (AvgIpc) is 3.17. The van der Waals surface area contributed by atoms with E-state index >= 15 is 0 Å². The van der Waals surface area contributed by atoms with Crippen LogP contribution in [-0.4, -0.2) is 11.0 Å². The quantitative estimate of drug-likeness (QED) is 0.875. The molecule has 22 heavy (non-hydrogen) atoms. The highest BCUT2D eigenvalue weighted by atomic mass is 32.1. The van der Waals surface area contributed by atoms with E-state index in [-0.39, 0.29) is 5.56 Å². The molecule has 0 spiro atoms. The van der Waals surface area contributed by atoms with Gasteiger partial charge in [0.05, 0.1) is 0 Å². The van der Waals surface area contributed by atoms with Crippen molar-refractivity contribution in [2.75, 3.05) is 0 Å². The molecule has 1 aliphatic rings. The van der Waals surface area contributed by atoms with Crippen LogP contribution in [0.4, 0.5) is 0 Å². The number of aromatic amines is 1. The van der Waals surface area contributed by atoms with Gasteiger partial charge in [0.15, 0.2) is 0 Å². The van der Waals surface area contributed by atoms with E-state index in [1.165, 1.54) is 35.4 Å². The number of rotatable bonds is 5. The summed E-state index contributed by atoms with van der Waals surface area (Å²) in [6.07, 6.45) is 6.13. The van der Waals surface area contributed by atoms with Crippen LogP contribution in [0.25, 0.3) is 10.4 Å². The van der Waals surface area contributed by atoms with Crippen molar-refractivity contribution >= 4 is 11.3 Å². The Balaban J connectivity index is 1.76. The van der Waals surface area contributed by atoms with E-state index in [1.807, 2.05) is 31.3 Å². The summed E-state index contributed by atoms with van der Waals surface area (Å²) < 4.78 is 0. The molecular weight excluding hydrogens is 292 g/mol. The van der Waals surface area contributed by atoms with E-state index < -0.39 is 0 Å². The van der Waals surface area contributed by atoms with Gasteiger partial charge in [0.25, 0.3) is 5.56 Å². The van der Waals surface area contributed by atoms with Gasteiger partial charge >= 0.3 is 0 Å². The fraction of sp³-hybridized carbons (Fsp3) is 0.500. The fourth-order valence-electron chi connectivity index (χ4n) is 3.18. The first kappa shape index (κ1) is 15.5. The minimum Gasteiger partial charge on any atom is -0.326 e. The van der Waals surface area contributed by atoms with Gasteiger partial charge in [-0.2, -0.15) is 0 Å². The highest BCUT2D eigenvalue weighted by Crippen LogP contribution is 2.30. The third-order valence-electron chi connectivity index (χ3n) is 4.54. The van der Waals surface area contributed by atoms with Gasteiger partial charge in [-0.3, -0.25) is 4.79 Å². The molecule has 0 aliphatic heterocycles. The Labute approximate surface area is 135 Å². The second-order valence-corrected chi connectivity index (χ2v) is 7.31. The predicted octanol–water partition coefficient (Wildman–Crippen LogP) is 4.01. The molecule has 2 aromatic rings. The van der Waals surface area contributed by atoms with Crippen LogP contribution in [0.1, 0.15) is 48.7 Å². The van der Waals surface area contributed by atoms with Crippen LogP contribution in [0.15, 0.2) is 23.0 Å². The van der Waals surface area contributed by atoms with Crippen LogP contribution >= 0.6 is 11.3 Å². The molecule has 3 nitrogen and oxygen atoms in total. The van der Waals surface area contributed by atoms with Crippen molar-refractivity contribution in [2.45, 2.75) is 58.5 Å². The zero-order valence-corrected chi connectivity index (χ0v) is 14.2. The molecule has 0 bridgehead atoms. The summed E-state index contributed by atoms with van der Waals surface area (Å²) in [4.78, 5) is 17.4. The largest absolute Gasteiger partial charge is 0.326 e. The van der Waals surface area contributed by atoms with E-state index in [1.54, 1.807) is 0 Å². The van der Waals surface area contributed by atoms with Gasteiger partial charge < -0.3 is 10.3 Å². The number of hydrogen-bond donors (Lipinski definition) is 2. The van der Waals surface area contributed by atoms with E-state index in [0.29, 0.717) is 6.04 Å². The Kier molecular flexibility index (Phi) is 4.79. The topological polar surface area (TPSA) is 44.9 Å². The first-order valence-corrected chi connectivity index (χ1v) is 9.04. The van der Waals surface area contributed by atoms with Gasteiger partial charge in [-0.15, -0.1) is 11.3 Å². The minimum absolute atomic E-state index is 0.0448. The van der Waals surface area contributed by atoms with Gasteiger partial charge in [0.2, 0.25) is 0 Å². The third kappa shape index (κ3) is 3.33. The van der Waals surface area contributed by atoms with Gasteiger partial charge in [-0.1, -0.05) is 19.8 Å². The van der Waals surface area contributed by atoms with Crippen molar-refractivity contribution in [3.8, 4) is 10.4 Å². The first-order valence-electron chi connectivity index (χ1n) is 8.22. The Hall–Kier alpha value is -1.39. The SMILES string of the molecule is CCc1cc(-c2ccc(CNC3CCCC3)s2)c(C)[nH]c1=O. The van der Waals surface area contributed by atoms with Crippen LogP contribution in [0, 0.1) is 6.92 Å². The van der Waals surface area contributed by atoms with Crippen molar-refractivity contribution in [3.63, 3.8) is 0 Å². The molecule has 0 unspecified atom stereocenters. The second kappa shape index (κ2) is 6.80. The fourth-order valence-corrected chi connectivity index (χ4v) is 4.21. The summed E-state index contributed by atoms with van der Waals surface area (Å²) in [5.74, 6) is 0. The number of hydrogen-bond acceptors (Lipinski definition) is 3. The number of H-pyrrole nitrogens is 1. The normalized spacial score (nSPS) is 15.5. The predicted molar refractivity (Wildman–Crippen MR) is 93.6 cm³/mol. The highest BCUT2D eigenvalue weighted by Gasteiger charge is 2.15. The maximum Gasteiger partial charge on any atom is 0.251 e. The van der Waals surface area contributed by atoms with Crippen molar-refractivity contribution in [1.29, 1.82) is 0 Å². The van der Waals surface area contributed by atoms with Gasteiger partial charge in [-0.25, -0.2) is 0 Å². The van der Waals surface area contributed by atoms with E-state index in [0.717, 1.165) is 29.8 Å². The Morgan fingerprint density at radius 2 is 2.09 bits per heavy atom. The maximum atomic E-state index is 11.8.